The minimum absolute atomic E-state index is 0.0436. The second kappa shape index (κ2) is 8.15. The molecular formula is C19H23NO3S2. The highest BCUT2D eigenvalue weighted by Gasteiger charge is 2.33. The Balaban J connectivity index is 2.04. The van der Waals surface area contributed by atoms with E-state index in [2.05, 4.69) is 17.5 Å². The predicted octanol–water partition coefficient (Wildman–Crippen LogP) is 3.99. The fourth-order valence-electron chi connectivity index (χ4n) is 3.30. The van der Waals surface area contributed by atoms with E-state index in [0.717, 1.165) is 30.0 Å². The van der Waals surface area contributed by atoms with E-state index < -0.39 is 0 Å². The first-order chi connectivity index (χ1) is 12.2. The first-order valence-electron chi connectivity index (χ1n) is 8.26. The maximum Gasteiger partial charge on any atom is 0.224 e. The zero-order valence-corrected chi connectivity index (χ0v) is 16.4. The first-order valence-corrected chi connectivity index (χ1v) is 10.5. The van der Waals surface area contributed by atoms with E-state index in [4.69, 9.17) is 9.47 Å². The summed E-state index contributed by atoms with van der Waals surface area (Å²) in [7, 11) is 3.30. The SMILES string of the molecule is COc1cc2c(cc1OC)C(c1cccs1)N(C(=O)CCSC)CC2. The lowest BCUT2D eigenvalue weighted by Gasteiger charge is -2.37. The number of rotatable bonds is 6. The van der Waals surface area contributed by atoms with Crippen molar-refractivity contribution in [2.24, 2.45) is 0 Å². The number of carbonyl (C=O) groups is 1. The van der Waals surface area contributed by atoms with Gasteiger partial charge in [0.15, 0.2) is 11.5 Å². The molecule has 134 valence electrons. The molecule has 25 heavy (non-hydrogen) atoms. The van der Waals surface area contributed by atoms with E-state index in [0.29, 0.717) is 12.2 Å². The number of thiophene rings is 1. The van der Waals surface area contributed by atoms with Gasteiger partial charge in [-0.15, -0.1) is 11.3 Å². The minimum atomic E-state index is -0.0436. The fraction of sp³-hybridized carbons (Fsp3) is 0.421. The zero-order valence-electron chi connectivity index (χ0n) is 14.8. The zero-order chi connectivity index (χ0) is 17.8. The molecule has 0 saturated heterocycles. The molecule has 1 aromatic carbocycles. The lowest BCUT2D eigenvalue weighted by Crippen LogP contribution is -2.40. The van der Waals surface area contributed by atoms with Crippen molar-refractivity contribution >= 4 is 29.0 Å². The lowest BCUT2D eigenvalue weighted by molar-refractivity contribution is -0.132. The van der Waals surface area contributed by atoms with Gasteiger partial charge in [0.25, 0.3) is 0 Å². The number of amides is 1. The number of methoxy groups -OCH3 is 2. The molecule has 0 aliphatic carbocycles. The van der Waals surface area contributed by atoms with Crippen molar-refractivity contribution in [2.75, 3.05) is 32.8 Å². The predicted molar refractivity (Wildman–Crippen MR) is 104 cm³/mol. The first kappa shape index (κ1) is 18.1. The third kappa shape index (κ3) is 3.65. The van der Waals surface area contributed by atoms with Crippen molar-refractivity contribution in [3.8, 4) is 11.5 Å². The number of fused-ring (bicyclic) bond motifs is 1. The Bertz CT molecular complexity index is 731. The van der Waals surface area contributed by atoms with Crippen LogP contribution in [0.3, 0.4) is 0 Å². The molecule has 6 heteroatoms. The maximum absolute atomic E-state index is 12.8. The van der Waals surface area contributed by atoms with E-state index in [1.165, 1.54) is 10.4 Å². The summed E-state index contributed by atoms with van der Waals surface area (Å²) in [6, 6.07) is 8.19. The summed E-state index contributed by atoms with van der Waals surface area (Å²) < 4.78 is 11.0. The van der Waals surface area contributed by atoms with Gasteiger partial charge in [0.05, 0.1) is 20.3 Å². The van der Waals surface area contributed by atoms with Crippen LogP contribution in [0.1, 0.15) is 28.5 Å². The van der Waals surface area contributed by atoms with Gasteiger partial charge in [-0.3, -0.25) is 4.79 Å². The van der Waals surface area contributed by atoms with Gasteiger partial charge in [0.1, 0.15) is 0 Å². The number of thioether (sulfide) groups is 1. The molecule has 0 bridgehead atoms. The molecule has 4 nitrogen and oxygen atoms in total. The monoisotopic (exact) mass is 377 g/mol. The Morgan fingerprint density at radius 3 is 2.72 bits per heavy atom. The van der Waals surface area contributed by atoms with Crippen LogP contribution >= 0.6 is 23.1 Å². The summed E-state index contributed by atoms with van der Waals surface area (Å²) in [5, 5.41) is 2.06. The van der Waals surface area contributed by atoms with Gasteiger partial charge in [0.2, 0.25) is 5.91 Å². The van der Waals surface area contributed by atoms with Crippen LogP contribution in [-0.2, 0) is 11.2 Å². The van der Waals surface area contributed by atoms with Gasteiger partial charge in [-0.2, -0.15) is 11.8 Å². The van der Waals surface area contributed by atoms with Crippen LogP contribution in [0, 0.1) is 0 Å². The second-order valence-corrected chi connectivity index (χ2v) is 7.87. The fourth-order valence-corrected chi connectivity index (χ4v) is 4.53. The van der Waals surface area contributed by atoms with E-state index in [1.54, 1.807) is 37.3 Å². The Morgan fingerprint density at radius 1 is 1.32 bits per heavy atom. The average Bonchev–Trinajstić information content (AvgIpc) is 3.18. The molecule has 1 aromatic heterocycles. The topological polar surface area (TPSA) is 38.8 Å². The molecule has 0 saturated carbocycles. The third-order valence-corrected chi connectivity index (χ3v) is 6.06. The Hall–Kier alpha value is -1.66. The summed E-state index contributed by atoms with van der Waals surface area (Å²) in [6.45, 7) is 0.734. The van der Waals surface area contributed by atoms with Crippen LogP contribution in [-0.4, -0.2) is 43.6 Å². The van der Waals surface area contributed by atoms with Gasteiger partial charge in [-0.1, -0.05) is 6.07 Å². The second-order valence-electron chi connectivity index (χ2n) is 5.90. The third-order valence-electron chi connectivity index (χ3n) is 4.53. The standard InChI is InChI=1S/C19H23NO3S2/c1-22-15-11-13-6-8-20(18(21)7-10-24-3)19(17-5-4-9-25-17)14(13)12-16(15)23-2/h4-5,9,11-12,19H,6-8,10H2,1-3H3. The molecule has 2 aromatic rings. The molecule has 2 heterocycles. The van der Waals surface area contributed by atoms with Crippen molar-refractivity contribution in [3.63, 3.8) is 0 Å². The van der Waals surface area contributed by atoms with Crippen molar-refractivity contribution in [3.05, 3.63) is 45.6 Å². The number of carbonyl (C=O) groups excluding carboxylic acids is 1. The number of benzene rings is 1. The molecule has 1 atom stereocenters. The highest BCUT2D eigenvalue weighted by Crippen LogP contribution is 2.42. The minimum Gasteiger partial charge on any atom is -0.493 e. The van der Waals surface area contributed by atoms with E-state index in [-0.39, 0.29) is 11.9 Å². The van der Waals surface area contributed by atoms with Crippen molar-refractivity contribution in [2.45, 2.75) is 18.9 Å². The normalized spacial score (nSPS) is 16.4. The molecule has 0 N–H and O–H groups in total. The Morgan fingerprint density at radius 2 is 2.08 bits per heavy atom. The summed E-state index contributed by atoms with van der Waals surface area (Å²) in [5.41, 5.74) is 2.37. The van der Waals surface area contributed by atoms with Gasteiger partial charge < -0.3 is 14.4 Å². The van der Waals surface area contributed by atoms with Crippen LogP contribution in [0.5, 0.6) is 11.5 Å². The van der Waals surface area contributed by atoms with Crippen molar-refractivity contribution in [1.29, 1.82) is 0 Å². The highest BCUT2D eigenvalue weighted by atomic mass is 32.2. The Labute approximate surface area is 157 Å². The molecule has 3 rings (SSSR count). The maximum atomic E-state index is 12.8. The molecule has 1 amide bonds. The van der Waals surface area contributed by atoms with Crippen LogP contribution in [0.15, 0.2) is 29.6 Å². The summed E-state index contributed by atoms with van der Waals surface area (Å²) in [5.74, 6) is 2.52. The number of hydrogen-bond acceptors (Lipinski definition) is 5. The van der Waals surface area contributed by atoms with Gasteiger partial charge >= 0.3 is 0 Å². The van der Waals surface area contributed by atoms with Crippen LogP contribution < -0.4 is 9.47 Å². The number of ether oxygens (including phenoxy) is 2. The van der Waals surface area contributed by atoms with Crippen molar-refractivity contribution in [1.82, 2.24) is 4.90 Å². The summed E-state index contributed by atoms with van der Waals surface area (Å²) >= 11 is 3.40. The molecule has 1 aliphatic heterocycles. The van der Waals surface area contributed by atoms with Gasteiger partial charge in [-0.05, 0) is 47.4 Å². The van der Waals surface area contributed by atoms with E-state index in [9.17, 15) is 4.79 Å². The largest absolute Gasteiger partial charge is 0.493 e. The number of nitrogens with zero attached hydrogens (tertiary/aromatic N) is 1. The molecule has 0 spiro atoms. The van der Waals surface area contributed by atoms with Crippen LogP contribution in [0.25, 0.3) is 0 Å². The molecular weight excluding hydrogens is 354 g/mol. The quantitative estimate of drug-likeness (QED) is 0.763. The van der Waals surface area contributed by atoms with Crippen LogP contribution in [0.2, 0.25) is 0 Å². The molecule has 0 radical (unpaired) electrons. The average molecular weight is 378 g/mol. The smallest absolute Gasteiger partial charge is 0.224 e. The molecule has 1 aliphatic rings. The Kier molecular flexibility index (Phi) is 5.91. The number of hydrogen-bond donors (Lipinski definition) is 0. The summed E-state index contributed by atoms with van der Waals surface area (Å²) in [4.78, 5) is 16.0. The lowest BCUT2D eigenvalue weighted by atomic mass is 9.90. The van der Waals surface area contributed by atoms with E-state index >= 15 is 0 Å². The molecule has 1 unspecified atom stereocenters. The van der Waals surface area contributed by atoms with Crippen molar-refractivity contribution < 1.29 is 14.3 Å². The van der Waals surface area contributed by atoms with Gasteiger partial charge in [0, 0.05) is 23.6 Å². The summed E-state index contributed by atoms with van der Waals surface area (Å²) in [6.07, 6.45) is 3.45. The molecule has 0 fully saturated rings. The van der Waals surface area contributed by atoms with Gasteiger partial charge in [-0.25, -0.2) is 0 Å². The van der Waals surface area contributed by atoms with E-state index in [1.807, 2.05) is 23.3 Å². The van der Waals surface area contributed by atoms with Crippen LogP contribution in [0.4, 0.5) is 0 Å². The highest BCUT2D eigenvalue weighted by molar-refractivity contribution is 7.98.